The van der Waals surface area contributed by atoms with Gasteiger partial charge in [-0.2, -0.15) is 0 Å². The van der Waals surface area contributed by atoms with Crippen molar-refractivity contribution in [3.63, 3.8) is 0 Å². The lowest BCUT2D eigenvalue weighted by Crippen LogP contribution is -2.34. The number of benzene rings is 1. The number of thiazole rings is 1. The molecular weight excluding hydrogens is 433 g/mol. The molecule has 0 spiro atoms. The summed E-state index contributed by atoms with van der Waals surface area (Å²) >= 11 is 2.66. The molecule has 0 atom stereocenters. The molecule has 1 N–H and O–H groups in total. The van der Waals surface area contributed by atoms with Crippen LogP contribution in [0.25, 0.3) is 6.08 Å². The van der Waals surface area contributed by atoms with E-state index in [1.807, 2.05) is 23.6 Å². The Bertz CT molecular complexity index is 955. The molecule has 1 aromatic carbocycles. The maximum atomic E-state index is 12.3. The SMILES string of the molecule is CC(C)(Sc1nc(CCN(C/C=C/c2ccccc2)C2=CC=CCN2)cs1)C(=O)OF. The summed E-state index contributed by atoms with van der Waals surface area (Å²) < 4.78 is 12.0. The molecule has 1 aliphatic rings. The quantitative estimate of drug-likeness (QED) is 0.505. The van der Waals surface area contributed by atoms with E-state index < -0.39 is 10.7 Å². The summed E-state index contributed by atoms with van der Waals surface area (Å²) in [5.41, 5.74) is 2.12. The second kappa shape index (κ2) is 11.2. The number of nitrogens with one attached hydrogen (secondary N) is 1. The summed E-state index contributed by atoms with van der Waals surface area (Å²) in [7, 11) is 0. The number of allylic oxidation sites excluding steroid dienone is 2. The third-order valence-corrected chi connectivity index (χ3v) is 6.80. The van der Waals surface area contributed by atoms with Gasteiger partial charge in [0.15, 0.2) is 4.34 Å². The summed E-state index contributed by atoms with van der Waals surface area (Å²) in [5.74, 6) is 0.172. The Morgan fingerprint density at radius 1 is 1.39 bits per heavy atom. The van der Waals surface area contributed by atoms with Crippen molar-refractivity contribution < 1.29 is 14.3 Å². The Kier molecular flexibility index (Phi) is 8.31. The molecule has 0 saturated carbocycles. The maximum Gasteiger partial charge on any atom is 0.364 e. The van der Waals surface area contributed by atoms with Crippen LogP contribution in [0, 0.1) is 0 Å². The van der Waals surface area contributed by atoms with Crippen LogP contribution in [0.2, 0.25) is 0 Å². The summed E-state index contributed by atoms with van der Waals surface area (Å²) in [6, 6.07) is 10.2. The Hall–Kier alpha value is -2.58. The Morgan fingerprint density at radius 3 is 2.90 bits per heavy atom. The highest BCUT2D eigenvalue weighted by atomic mass is 32.2. The van der Waals surface area contributed by atoms with Crippen LogP contribution in [0.3, 0.4) is 0 Å². The average molecular weight is 460 g/mol. The van der Waals surface area contributed by atoms with Gasteiger partial charge in [-0.1, -0.05) is 66.4 Å². The van der Waals surface area contributed by atoms with Gasteiger partial charge in [0.25, 0.3) is 0 Å². The van der Waals surface area contributed by atoms with E-state index in [2.05, 4.69) is 62.7 Å². The highest BCUT2D eigenvalue weighted by molar-refractivity contribution is 8.03. The average Bonchev–Trinajstić information content (AvgIpc) is 3.23. The minimum atomic E-state index is -1.03. The van der Waals surface area contributed by atoms with E-state index in [-0.39, 0.29) is 0 Å². The highest BCUT2D eigenvalue weighted by Gasteiger charge is 2.33. The summed E-state index contributed by atoms with van der Waals surface area (Å²) in [5, 5.41) is 5.40. The first-order chi connectivity index (χ1) is 15.0. The molecule has 164 valence electrons. The number of aromatic nitrogens is 1. The summed E-state index contributed by atoms with van der Waals surface area (Å²) in [4.78, 5) is 21.8. The smallest absolute Gasteiger partial charge is 0.364 e. The van der Waals surface area contributed by atoms with Crippen LogP contribution in [-0.2, 0) is 16.2 Å². The van der Waals surface area contributed by atoms with Gasteiger partial charge >= 0.3 is 5.97 Å². The molecule has 0 fully saturated rings. The van der Waals surface area contributed by atoms with Crippen molar-refractivity contribution in [2.24, 2.45) is 0 Å². The molecule has 2 aromatic rings. The lowest BCUT2D eigenvalue weighted by atomic mass is 10.2. The third-order valence-electron chi connectivity index (χ3n) is 4.64. The van der Waals surface area contributed by atoms with E-state index in [0.717, 1.165) is 41.9 Å². The fourth-order valence-corrected chi connectivity index (χ4v) is 5.16. The van der Waals surface area contributed by atoms with Crippen LogP contribution in [0.15, 0.2) is 70.2 Å². The molecule has 0 saturated heterocycles. The van der Waals surface area contributed by atoms with Crippen molar-refractivity contribution in [2.75, 3.05) is 19.6 Å². The first-order valence-corrected chi connectivity index (χ1v) is 11.7. The molecule has 8 heteroatoms. The number of nitrogens with zero attached hydrogens (tertiary/aromatic N) is 2. The van der Waals surface area contributed by atoms with Gasteiger partial charge in [-0.05, 0) is 25.5 Å². The standard InChI is InChI=1S/C23H26FN3O2S2/c1-23(2,21(28)29-24)31-22-26-19(17-30-22)13-16-27(20-12-6-7-14-25-20)15-8-11-18-9-4-3-5-10-18/h3-12,17,25H,13-16H2,1-2H3/b11-8+. The van der Waals surface area contributed by atoms with Gasteiger partial charge < -0.3 is 10.2 Å². The van der Waals surface area contributed by atoms with Crippen LogP contribution in [0.4, 0.5) is 4.53 Å². The van der Waals surface area contributed by atoms with E-state index in [4.69, 9.17) is 0 Å². The van der Waals surface area contributed by atoms with Gasteiger partial charge in [-0.25, -0.2) is 9.78 Å². The van der Waals surface area contributed by atoms with Crippen LogP contribution in [0.1, 0.15) is 25.1 Å². The lowest BCUT2D eigenvalue weighted by molar-refractivity contribution is -0.185. The van der Waals surface area contributed by atoms with Crippen molar-refractivity contribution >= 4 is 35.1 Å². The van der Waals surface area contributed by atoms with Crippen LogP contribution in [-0.4, -0.2) is 40.2 Å². The molecule has 1 aromatic heterocycles. The molecular formula is C23H26FN3O2S2. The predicted octanol–water partition coefficient (Wildman–Crippen LogP) is 5.00. The van der Waals surface area contributed by atoms with Crippen LogP contribution >= 0.6 is 23.1 Å². The van der Waals surface area contributed by atoms with Gasteiger partial charge in [-0.3, -0.25) is 4.94 Å². The zero-order chi connectivity index (χ0) is 22.1. The predicted molar refractivity (Wildman–Crippen MR) is 125 cm³/mol. The van der Waals surface area contributed by atoms with E-state index >= 15 is 0 Å². The number of hydrogen-bond donors (Lipinski definition) is 1. The van der Waals surface area contributed by atoms with Gasteiger partial charge in [0.1, 0.15) is 10.6 Å². The van der Waals surface area contributed by atoms with Gasteiger partial charge in [0.05, 0.1) is 5.69 Å². The monoisotopic (exact) mass is 459 g/mol. The minimum absolute atomic E-state index is 0.721. The molecule has 31 heavy (non-hydrogen) atoms. The van der Waals surface area contributed by atoms with E-state index in [9.17, 15) is 9.32 Å². The summed E-state index contributed by atoms with van der Waals surface area (Å²) in [6.07, 6.45) is 11.2. The molecule has 0 unspecified atom stereocenters. The molecule has 5 nitrogen and oxygen atoms in total. The van der Waals surface area contributed by atoms with E-state index in [1.54, 1.807) is 13.8 Å². The number of halogens is 1. The van der Waals surface area contributed by atoms with Crippen molar-refractivity contribution in [3.8, 4) is 0 Å². The second-order valence-electron chi connectivity index (χ2n) is 7.45. The van der Waals surface area contributed by atoms with Crippen molar-refractivity contribution in [2.45, 2.75) is 29.4 Å². The number of thioether (sulfide) groups is 1. The second-order valence-corrected chi connectivity index (χ2v) is 10.2. The van der Waals surface area contributed by atoms with Crippen molar-refractivity contribution in [1.82, 2.24) is 15.2 Å². The number of carbonyl (C=O) groups is 1. The Labute approximate surface area is 190 Å². The van der Waals surface area contributed by atoms with Gasteiger partial charge in [0.2, 0.25) is 0 Å². The Morgan fingerprint density at radius 2 is 2.19 bits per heavy atom. The molecule has 1 aliphatic heterocycles. The zero-order valence-corrected chi connectivity index (χ0v) is 19.2. The fraction of sp³-hybridized carbons (Fsp3) is 0.304. The van der Waals surface area contributed by atoms with Crippen molar-refractivity contribution in [3.05, 3.63) is 77.1 Å². The first-order valence-electron chi connectivity index (χ1n) is 10.0. The first kappa shape index (κ1) is 23.1. The molecule has 0 amide bonds. The molecule has 0 bridgehead atoms. The molecule has 3 rings (SSSR count). The van der Waals surface area contributed by atoms with Crippen LogP contribution in [0.5, 0.6) is 0 Å². The van der Waals surface area contributed by atoms with Crippen LogP contribution < -0.4 is 5.32 Å². The van der Waals surface area contributed by atoms with Gasteiger partial charge in [0, 0.05) is 36.0 Å². The lowest BCUT2D eigenvalue weighted by Gasteiger charge is -2.27. The number of dihydropyridines is 1. The zero-order valence-electron chi connectivity index (χ0n) is 17.6. The van der Waals surface area contributed by atoms with Crippen molar-refractivity contribution in [1.29, 1.82) is 0 Å². The van der Waals surface area contributed by atoms with Gasteiger partial charge in [-0.15, -0.1) is 11.3 Å². The minimum Gasteiger partial charge on any atom is -0.368 e. The number of hydrogen-bond acceptors (Lipinski definition) is 7. The normalized spacial score (nSPS) is 13.7. The number of rotatable bonds is 10. The fourth-order valence-electron chi connectivity index (χ4n) is 2.91. The topological polar surface area (TPSA) is 54.5 Å². The molecule has 2 heterocycles. The van der Waals surface area contributed by atoms with E-state index in [0.29, 0.717) is 0 Å². The molecule has 0 radical (unpaired) electrons. The summed E-state index contributed by atoms with van der Waals surface area (Å²) in [6.45, 7) is 5.60. The molecule has 0 aliphatic carbocycles. The Balaban J connectivity index is 1.62. The maximum absolute atomic E-state index is 12.3. The number of carbonyl (C=O) groups excluding carboxylic acids is 1. The highest BCUT2D eigenvalue weighted by Crippen LogP contribution is 2.35. The largest absolute Gasteiger partial charge is 0.368 e. The van der Waals surface area contributed by atoms with E-state index in [1.165, 1.54) is 28.7 Å². The third kappa shape index (κ3) is 6.97.